The fourth-order valence-electron chi connectivity index (χ4n) is 1.89. The van der Waals surface area contributed by atoms with Crippen molar-refractivity contribution in [1.82, 2.24) is 0 Å². The van der Waals surface area contributed by atoms with Crippen molar-refractivity contribution in [3.05, 3.63) is 59.7 Å². The second-order valence-electron chi connectivity index (χ2n) is 4.66. The van der Waals surface area contributed by atoms with Gasteiger partial charge >= 0.3 is 0 Å². The maximum atomic E-state index is 5.72. The molecule has 0 saturated carbocycles. The summed E-state index contributed by atoms with van der Waals surface area (Å²) < 4.78 is 5.72. The Morgan fingerprint density at radius 2 is 1.75 bits per heavy atom. The fraction of sp³-hybridized carbons (Fsp3) is 0.278. The lowest BCUT2D eigenvalue weighted by Crippen LogP contribution is -1.98. The minimum atomic E-state index is 0.732. The van der Waals surface area contributed by atoms with Crippen LogP contribution in [-0.4, -0.2) is 12.8 Å². The predicted octanol–water partition coefficient (Wildman–Crippen LogP) is 4.79. The van der Waals surface area contributed by atoms with Gasteiger partial charge in [0.05, 0.1) is 12.3 Å². The van der Waals surface area contributed by atoms with Crippen molar-refractivity contribution in [2.45, 2.75) is 26.7 Å². The molecule has 0 radical (unpaired) electrons. The van der Waals surface area contributed by atoms with E-state index < -0.39 is 0 Å². The van der Waals surface area contributed by atoms with Gasteiger partial charge in [0.1, 0.15) is 5.75 Å². The molecule has 0 fully saturated rings. The molecule has 0 N–H and O–H groups in total. The van der Waals surface area contributed by atoms with Gasteiger partial charge in [-0.2, -0.15) is 0 Å². The maximum absolute atomic E-state index is 5.72. The first kappa shape index (κ1) is 14.3. The third-order valence-corrected chi connectivity index (χ3v) is 3.08. The van der Waals surface area contributed by atoms with Gasteiger partial charge in [-0.15, -0.1) is 0 Å². The first-order valence-corrected chi connectivity index (χ1v) is 7.18. The minimum Gasteiger partial charge on any atom is -0.493 e. The van der Waals surface area contributed by atoms with Crippen LogP contribution in [0.4, 0.5) is 5.69 Å². The summed E-state index contributed by atoms with van der Waals surface area (Å²) in [6.07, 6.45) is 3.92. The molecule has 0 amide bonds. The number of para-hydroxylation sites is 1. The van der Waals surface area contributed by atoms with Gasteiger partial charge in [0.15, 0.2) is 0 Å². The highest BCUT2D eigenvalue weighted by atomic mass is 16.5. The monoisotopic (exact) mass is 267 g/mol. The normalized spacial score (nSPS) is 10.9. The lowest BCUT2D eigenvalue weighted by molar-refractivity contribution is 0.317. The van der Waals surface area contributed by atoms with Crippen molar-refractivity contribution in [2.75, 3.05) is 6.61 Å². The van der Waals surface area contributed by atoms with Gasteiger partial charge in [0, 0.05) is 11.8 Å². The van der Waals surface area contributed by atoms with Crippen molar-refractivity contribution < 1.29 is 4.74 Å². The van der Waals surface area contributed by atoms with Crippen molar-refractivity contribution in [1.29, 1.82) is 0 Å². The molecule has 104 valence electrons. The standard InChI is InChI=1S/C18H21NO/c1-3-13-20-18-8-6-5-7-16(18)14-19-17-11-9-15(4-2)10-12-17/h5-12,14H,3-4,13H2,1-2H3. The van der Waals surface area contributed by atoms with E-state index in [4.69, 9.17) is 4.74 Å². The summed E-state index contributed by atoms with van der Waals surface area (Å²) in [6, 6.07) is 16.3. The Morgan fingerprint density at radius 1 is 1.00 bits per heavy atom. The van der Waals surface area contributed by atoms with Crippen molar-refractivity contribution in [3.63, 3.8) is 0 Å². The van der Waals surface area contributed by atoms with E-state index in [1.165, 1.54) is 5.56 Å². The van der Waals surface area contributed by atoms with E-state index in [1.54, 1.807) is 0 Å². The highest BCUT2D eigenvalue weighted by Crippen LogP contribution is 2.18. The zero-order valence-corrected chi connectivity index (χ0v) is 12.2. The largest absolute Gasteiger partial charge is 0.493 e. The SMILES string of the molecule is CCCOc1ccccc1C=Nc1ccc(CC)cc1. The summed E-state index contributed by atoms with van der Waals surface area (Å²) in [5.41, 5.74) is 3.31. The maximum Gasteiger partial charge on any atom is 0.128 e. The van der Waals surface area contributed by atoms with E-state index >= 15 is 0 Å². The van der Waals surface area contributed by atoms with Gasteiger partial charge in [0.25, 0.3) is 0 Å². The molecule has 0 atom stereocenters. The summed E-state index contributed by atoms with van der Waals surface area (Å²) in [7, 11) is 0. The average molecular weight is 267 g/mol. The summed E-state index contributed by atoms with van der Waals surface area (Å²) in [5.74, 6) is 0.892. The molecule has 0 unspecified atom stereocenters. The Kier molecular flexibility index (Phi) is 5.36. The second kappa shape index (κ2) is 7.49. The fourth-order valence-corrected chi connectivity index (χ4v) is 1.89. The highest BCUT2D eigenvalue weighted by Gasteiger charge is 1.99. The number of rotatable bonds is 6. The minimum absolute atomic E-state index is 0.732. The van der Waals surface area contributed by atoms with E-state index in [9.17, 15) is 0 Å². The zero-order valence-electron chi connectivity index (χ0n) is 12.2. The van der Waals surface area contributed by atoms with E-state index in [2.05, 4.69) is 31.0 Å². The lowest BCUT2D eigenvalue weighted by atomic mass is 10.1. The van der Waals surface area contributed by atoms with Crippen molar-refractivity contribution >= 4 is 11.9 Å². The zero-order chi connectivity index (χ0) is 14.2. The number of aliphatic imine (C=N–C) groups is 1. The molecule has 2 rings (SSSR count). The Bertz CT molecular complexity index is 558. The number of nitrogens with zero attached hydrogens (tertiary/aromatic N) is 1. The van der Waals surface area contributed by atoms with Gasteiger partial charge in [-0.25, -0.2) is 0 Å². The molecule has 2 aromatic carbocycles. The molecule has 0 aliphatic carbocycles. The first-order valence-electron chi connectivity index (χ1n) is 7.18. The van der Waals surface area contributed by atoms with Crippen LogP contribution < -0.4 is 4.74 Å². The number of ether oxygens (including phenoxy) is 1. The summed E-state index contributed by atoms with van der Waals surface area (Å²) in [6.45, 7) is 4.99. The quantitative estimate of drug-likeness (QED) is 0.690. The van der Waals surface area contributed by atoms with Crippen LogP contribution in [0.1, 0.15) is 31.4 Å². The van der Waals surface area contributed by atoms with Gasteiger partial charge in [0.2, 0.25) is 0 Å². The number of benzene rings is 2. The lowest BCUT2D eigenvalue weighted by Gasteiger charge is -2.07. The summed E-state index contributed by atoms with van der Waals surface area (Å²) in [5, 5.41) is 0. The average Bonchev–Trinajstić information content (AvgIpc) is 2.52. The van der Waals surface area contributed by atoms with Crippen LogP contribution in [0.2, 0.25) is 0 Å². The second-order valence-corrected chi connectivity index (χ2v) is 4.66. The van der Waals surface area contributed by atoms with Crippen LogP contribution >= 0.6 is 0 Å². The molecule has 2 nitrogen and oxygen atoms in total. The predicted molar refractivity (Wildman–Crippen MR) is 85.3 cm³/mol. The summed E-state index contributed by atoms with van der Waals surface area (Å²) >= 11 is 0. The molecule has 0 aromatic heterocycles. The molecule has 0 aliphatic rings. The third kappa shape index (κ3) is 3.95. The molecular formula is C18H21NO. The van der Waals surface area contributed by atoms with Gasteiger partial charge in [-0.1, -0.05) is 38.1 Å². The Balaban J connectivity index is 2.13. The topological polar surface area (TPSA) is 21.6 Å². The molecular weight excluding hydrogens is 246 g/mol. The van der Waals surface area contributed by atoms with Crippen LogP contribution in [0.3, 0.4) is 0 Å². The van der Waals surface area contributed by atoms with E-state index in [0.29, 0.717) is 0 Å². The summed E-state index contributed by atoms with van der Waals surface area (Å²) in [4.78, 5) is 4.52. The molecule has 20 heavy (non-hydrogen) atoms. The van der Waals surface area contributed by atoms with Crippen LogP contribution in [-0.2, 0) is 6.42 Å². The Hall–Kier alpha value is -2.09. The van der Waals surface area contributed by atoms with Crippen LogP contribution in [0, 0.1) is 0 Å². The van der Waals surface area contributed by atoms with Gasteiger partial charge < -0.3 is 4.74 Å². The first-order chi connectivity index (χ1) is 9.83. The molecule has 2 aromatic rings. The molecule has 0 aliphatic heterocycles. The number of hydrogen-bond acceptors (Lipinski definition) is 2. The molecule has 2 heteroatoms. The Labute approximate surface area is 121 Å². The van der Waals surface area contributed by atoms with E-state index in [1.807, 2.05) is 42.6 Å². The van der Waals surface area contributed by atoms with Crippen LogP contribution in [0.25, 0.3) is 0 Å². The van der Waals surface area contributed by atoms with Crippen molar-refractivity contribution in [2.24, 2.45) is 4.99 Å². The van der Waals surface area contributed by atoms with Gasteiger partial charge in [-0.3, -0.25) is 4.99 Å². The highest BCUT2D eigenvalue weighted by molar-refractivity contribution is 5.85. The van der Waals surface area contributed by atoms with Crippen molar-refractivity contribution in [3.8, 4) is 5.75 Å². The smallest absolute Gasteiger partial charge is 0.128 e. The number of aryl methyl sites for hydroxylation is 1. The van der Waals surface area contributed by atoms with Gasteiger partial charge in [-0.05, 0) is 42.7 Å². The molecule has 0 heterocycles. The Morgan fingerprint density at radius 3 is 2.45 bits per heavy atom. The molecule has 0 saturated heterocycles. The van der Waals surface area contributed by atoms with E-state index in [0.717, 1.165) is 36.4 Å². The molecule has 0 bridgehead atoms. The van der Waals surface area contributed by atoms with Crippen LogP contribution in [0.15, 0.2) is 53.5 Å². The van der Waals surface area contributed by atoms with Crippen LogP contribution in [0.5, 0.6) is 5.75 Å². The molecule has 0 spiro atoms. The number of hydrogen-bond donors (Lipinski definition) is 0. The third-order valence-electron chi connectivity index (χ3n) is 3.08. The van der Waals surface area contributed by atoms with E-state index in [-0.39, 0.29) is 0 Å².